The number of hydrazone groups is 1. The van der Waals surface area contributed by atoms with E-state index in [2.05, 4.69) is 10.8 Å². The van der Waals surface area contributed by atoms with Crippen molar-refractivity contribution in [3.05, 3.63) is 148 Å². The van der Waals surface area contributed by atoms with E-state index in [1.807, 2.05) is 60.7 Å². The summed E-state index contributed by atoms with van der Waals surface area (Å²) in [6, 6.07) is 33.5. The third kappa shape index (κ3) is 7.86. The van der Waals surface area contributed by atoms with Crippen molar-refractivity contribution in [1.82, 2.24) is 5.01 Å². The fourth-order valence-corrected chi connectivity index (χ4v) is 7.97. The third-order valence-electron chi connectivity index (χ3n) is 9.12. The van der Waals surface area contributed by atoms with Crippen molar-refractivity contribution in [2.45, 2.75) is 36.6 Å². The SMILES string of the molecule is O=C(Cc1ccc(NS(=O)(=O)c2ccc3ccccc3c2)cc1)OCC(=O)N1N=C2/C(=C\c3ccc(Cl)cc3)CCCC2C1c1ccc(Cl)cc1. The number of ether oxygens (including phenoxy) is 1. The van der Waals surface area contributed by atoms with Crippen LogP contribution in [0.15, 0.2) is 131 Å². The van der Waals surface area contributed by atoms with Crippen molar-refractivity contribution in [3.8, 4) is 0 Å². The zero-order valence-corrected chi connectivity index (χ0v) is 29.7. The first kappa shape index (κ1) is 34.5. The molecule has 2 aliphatic rings. The first-order valence-corrected chi connectivity index (χ1v) is 18.8. The average molecular weight is 739 g/mol. The summed E-state index contributed by atoms with van der Waals surface area (Å²) in [7, 11) is -3.83. The molecule has 5 aromatic rings. The van der Waals surface area contributed by atoms with Crippen LogP contribution in [-0.2, 0) is 30.8 Å². The van der Waals surface area contributed by atoms with Crippen LogP contribution in [0.2, 0.25) is 10.0 Å². The molecule has 1 aliphatic carbocycles. The normalized spacial score (nSPS) is 18.0. The highest BCUT2D eigenvalue weighted by molar-refractivity contribution is 7.92. The Hall–Kier alpha value is -4.96. The lowest BCUT2D eigenvalue weighted by molar-refractivity contribution is -0.152. The predicted octanol–water partition coefficient (Wildman–Crippen LogP) is 8.86. The lowest BCUT2D eigenvalue weighted by Gasteiger charge is -2.29. The minimum absolute atomic E-state index is 0.0321. The molecule has 11 heteroatoms. The number of esters is 1. The minimum Gasteiger partial charge on any atom is -0.455 e. The van der Waals surface area contributed by atoms with Gasteiger partial charge >= 0.3 is 5.97 Å². The number of hydrogen-bond acceptors (Lipinski definition) is 6. The number of benzene rings is 5. The number of rotatable bonds is 9. The summed E-state index contributed by atoms with van der Waals surface area (Å²) in [4.78, 5) is 26.7. The second-order valence-corrected chi connectivity index (χ2v) is 15.1. The molecule has 0 aromatic heterocycles. The Morgan fingerprint density at radius 3 is 2.27 bits per heavy atom. The Morgan fingerprint density at radius 2 is 1.55 bits per heavy atom. The number of nitrogens with zero attached hydrogens (tertiary/aromatic N) is 2. The zero-order valence-electron chi connectivity index (χ0n) is 27.3. The van der Waals surface area contributed by atoms with Crippen LogP contribution < -0.4 is 4.72 Å². The second kappa shape index (κ2) is 14.7. The maximum Gasteiger partial charge on any atom is 0.310 e. The summed E-state index contributed by atoms with van der Waals surface area (Å²) in [5.74, 6) is -1.06. The number of amides is 1. The van der Waals surface area contributed by atoms with Crippen LogP contribution >= 0.6 is 23.2 Å². The van der Waals surface area contributed by atoms with Crippen molar-refractivity contribution in [1.29, 1.82) is 0 Å². The van der Waals surface area contributed by atoms with Crippen molar-refractivity contribution in [2.24, 2.45) is 11.0 Å². The molecule has 7 rings (SSSR count). The van der Waals surface area contributed by atoms with Gasteiger partial charge in [-0.2, -0.15) is 5.10 Å². The van der Waals surface area contributed by atoms with Crippen LogP contribution in [0.5, 0.6) is 0 Å². The van der Waals surface area contributed by atoms with Crippen LogP contribution in [0.25, 0.3) is 16.8 Å². The standard InChI is InChI=1S/C40H33Cl2N3O5S/c41-32-15-8-26(9-16-32)22-31-6-3-7-36-39(31)43-45(40(36)29-12-17-33(42)18-13-29)37(46)25-50-38(47)23-27-10-19-34(20-11-27)44-51(48,49)35-21-14-28-4-1-2-5-30(28)24-35/h1-2,4-5,8-22,24,36,40,44H,3,6-7,23,25H2/b31-22-. The number of allylic oxidation sites excluding steroid dienone is 1. The fraction of sp³-hybridized carbons (Fsp3) is 0.175. The number of anilines is 1. The number of carbonyl (C=O) groups is 2. The van der Waals surface area contributed by atoms with E-state index >= 15 is 0 Å². The van der Waals surface area contributed by atoms with E-state index in [9.17, 15) is 18.0 Å². The molecule has 1 N–H and O–H groups in total. The molecule has 0 saturated heterocycles. The fourth-order valence-electron chi connectivity index (χ4n) is 6.63. The summed E-state index contributed by atoms with van der Waals surface area (Å²) < 4.78 is 34.1. The summed E-state index contributed by atoms with van der Waals surface area (Å²) in [6.45, 7) is -0.480. The zero-order chi connectivity index (χ0) is 35.5. The van der Waals surface area contributed by atoms with E-state index in [-0.39, 0.29) is 23.3 Å². The quantitative estimate of drug-likeness (QED) is 0.152. The van der Waals surface area contributed by atoms with Crippen molar-refractivity contribution in [3.63, 3.8) is 0 Å². The topological polar surface area (TPSA) is 105 Å². The van der Waals surface area contributed by atoms with E-state index in [0.717, 1.165) is 52.4 Å². The number of carbonyl (C=O) groups excluding carboxylic acids is 2. The van der Waals surface area contributed by atoms with Gasteiger partial charge in [-0.15, -0.1) is 0 Å². The van der Waals surface area contributed by atoms with E-state index in [0.29, 0.717) is 21.3 Å². The average Bonchev–Trinajstić information content (AvgIpc) is 3.53. The molecule has 5 aromatic carbocycles. The van der Waals surface area contributed by atoms with Crippen molar-refractivity contribution in [2.75, 3.05) is 11.3 Å². The van der Waals surface area contributed by atoms with Gasteiger partial charge in [-0.25, -0.2) is 13.4 Å². The Kier molecular flexibility index (Phi) is 9.95. The monoisotopic (exact) mass is 737 g/mol. The first-order valence-electron chi connectivity index (χ1n) is 16.5. The van der Waals surface area contributed by atoms with Crippen LogP contribution in [0.3, 0.4) is 0 Å². The Balaban J connectivity index is 1.02. The van der Waals surface area contributed by atoms with Gasteiger partial charge in [0, 0.05) is 21.7 Å². The maximum atomic E-state index is 13.7. The molecule has 1 heterocycles. The smallest absolute Gasteiger partial charge is 0.310 e. The molecule has 1 fully saturated rings. The Morgan fingerprint density at radius 1 is 0.863 bits per heavy atom. The van der Waals surface area contributed by atoms with Crippen LogP contribution in [0.1, 0.15) is 42.0 Å². The third-order valence-corrected chi connectivity index (χ3v) is 11.0. The van der Waals surface area contributed by atoms with Crippen LogP contribution in [0.4, 0.5) is 5.69 Å². The molecule has 51 heavy (non-hydrogen) atoms. The van der Waals surface area contributed by atoms with Gasteiger partial charge in [0.15, 0.2) is 6.61 Å². The molecule has 0 bridgehead atoms. The number of fused-ring (bicyclic) bond motifs is 2. The van der Waals surface area contributed by atoms with Crippen molar-refractivity contribution >= 4 is 73.3 Å². The maximum absolute atomic E-state index is 13.7. The van der Waals surface area contributed by atoms with Gasteiger partial charge in [-0.1, -0.05) is 89.9 Å². The summed E-state index contributed by atoms with van der Waals surface area (Å²) >= 11 is 12.3. The highest BCUT2D eigenvalue weighted by Crippen LogP contribution is 2.44. The lowest BCUT2D eigenvalue weighted by Crippen LogP contribution is -2.34. The van der Waals surface area contributed by atoms with E-state index < -0.39 is 28.5 Å². The number of halogens is 2. The van der Waals surface area contributed by atoms with E-state index in [4.69, 9.17) is 33.0 Å². The molecule has 2 unspecified atom stereocenters. The summed E-state index contributed by atoms with van der Waals surface area (Å²) in [5, 5.41) is 9.31. The van der Waals surface area contributed by atoms with Gasteiger partial charge in [0.1, 0.15) is 0 Å². The van der Waals surface area contributed by atoms with Gasteiger partial charge in [0.2, 0.25) is 0 Å². The van der Waals surface area contributed by atoms with E-state index in [1.54, 1.807) is 54.6 Å². The van der Waals surface area contributed by atoms with Gasteiger partial charge in [0.05, 0.1) is 23.1 Å². The summed E-state index contributed by atoms with van der Waals surface area (Å²) in [6.07, 6.45) is 4.60. The summed E-state index contributed by atoms with van der Waals surface area (Å²) in [5.41, 5.74) is 4.75. The lowest BCUT2D eigenvalue weighted by atomic mass is 9.77. The number of hydrogen-bond donors (Lipinski definition) is 1. The van der Waals surface area contributed by atoms with Gasteiger partial charge in [-0.05, 0) is 107 Å². The number of sulfonamides is 1. The van der Waals surface area contributed by atoms with Gasteiger partial charge < -0.3 is 4.74 Å². The van der Waals surface area contributed by atoms with Gasteiger partial charge in [0.25, 0.3) is 15.9 Å². The first-order chi connectivity index (χ1) is 24.6. The molecule has 2 atom stereocenters. The molecular formula is C40H33Cl2N3O5S. The largest absolute Gasteiger partial charge is 0.455 e. The second-order valence-electron chi connectivity index (χ2n) is 12.6. The highest BCUT2D eigenvalue weighted by atomic mass is 35.5. The molecule has 8 nitrogen and oxygen atoms in total. The van der Waals surface area contributed by atoms with Crippen LogP contribution in [-0.4, -0.2) is 37.6 Å². The molecular weight excluding hydrogens is 705 g/mol. The van der Waals surface area contributed by atoms with Crippen LogP contribution in [0, 0.1) is 5.92 Å². The van der Waals surface area contributed by atoms with E-state index in [1.165, 1.54) is 5.01 Å². The highest BCUT2D eigenvalue weighted by Gasteiger charge is 2.43. The number of nitrogens with one attached hydrogen (secondary N) is 1. The molecule has 0 radical (unpaired) electrons. The van der Waals surface area contributed by atoms with Crippen molar-refractivity contribution < 1.29 is 22.7 Å². The molecule has 0 spiro atoms. The minimum atomic E-state index is -3.83. The molecule has 1 aliphatic heterocycles. The Bertz CT molecular complexity index is 2270. The van der Waals surface area contributed by atoms with Gasteiger partial charge in [-0.3, -0.25) is 14.3 Å². The molecule has 1 amide bonds. The molecule has 1 saturated carbocycles. The Labute approximate surface area is 306 Å². The molecule has 258 valence electrons. The predicted molar refractivity (Wildman–Crippen MR) is 201 cm³/mol.